The van der Waals surface area contributed by atoms with Gasteiger partial charge in [0.2, 0.25) is 5.96 Å². The van der Waals surface area contributed by atoms with Crippen LogP contribution < -0.4 is 0 Å². The van der Waals surface area contributed by atoms with Gasteiger partial charge >= 0.3 is 0 Å². The Morgan fingerprint density at radius 2 is 0.808 bits per heavy atom. The SMILES string of the molecule is c1ccc(C2=NC(n3c4c5ccccc5ccc4c4ccc5c6ccc7ccccc7c6n(-c6ccccc6)c5c43)=NC(c3ccccc3)=I2)cc1. The first-order chi connectivity index (χ1) is 25.8. The lowest BCUT2D eigenvalue weighted by molar-refractivity contribution is 1.17. The molecule has 0 atom stereocenters. The van der Waals surface area contributed by atoms with Gasteiger partial charge in [0.05, 0.1) is 22.1 Å². The van der Waals surface area contributed by atoms with Crippen molar-refractivity contribution in [3.63, 3.8) is 0 Å². The maximum atomic E-state index is 5.54. The normalized spacial score (nSPS) is 13.5. The molecular weight excluding hydrogens is 747 g/mol. The molecule has 4 nitrogen and oxygen atoms in total. The van der Waals surface area contributed by atoms with Crippen molar-refractivity contribution in [3.8, 4) is 5.69 Å². The number of halogens is 1. The summed E-state index contributed by atoms with van der Waals surface area (Å²) >= 11 is -0.657. The maximum Gasteiger partial charge on any atom is 0.236 e. The minimum atomic E-state index is -0.657. The number of rotatable bonds is 3. The van der Waals surface area contributed by atoms with Crippen LogP contribution in [0.3, 0.4) is 0 Å². The van der Waals surface area contributed by atoms with Crippen molar-refractivity contribution in [2.24, 2.45) is 9.98 Å². The number of hydrogen-bond donors (Lipinski definition) is 0. The summed E-state index contributed by atoms with van der Waals surface area (Å²) in [4.78, 5) is 11.1. The predicted octanol–water partition coefficient (Wildman–Crippen LogP) is 12.0. The van der Waals surface area contributed by atoms with Crippen LogP contribution in [0, 0.1) is 0 Å². The largest absolute Gasteiger partial charge is 0.307 e. The number of fused-ring (bicyclic) bond motifs is 11. The van der Waals surface area contributed by atoms with Gasteiger partial charge in [0, 0.05) is 49.1 Å². The smallest absolute Gasteiger partial charge is 0.236 e. The summed E-state index contributed by atoms with van der Waals surface area (Å²) in [5, 5.41) is 9.61. The van der Waals surface area contributed by atoms with Crippen molar-refractivity contribution in [2.75, 3.05) is 0 Å². The third kappa shape index (κ3) is 4.42. The molecule has 0 amide bonds. The lowest BCUT2D eigenvalue weighted by Crippen LogP contribution is -2.17. The average Bonchev–Trinajstić information content (AvgIpc) is 3.75. The van der Waals surface area contributed by atoms with Crippen LogP contribution in [0.1, 0.15) is 11.1 Å². The highest BCUT2D eigenvalue weighted by atomic mass is 127. The van der Waals surface area contributed by atoms with Crippen molar-refractivity contribution in [1.82, 2.24) is 9.13 Å². The lowest BCUT2D eigenvalue weighted by Gasteiger charge is -2.17. The molecule has 1 aliphatic heterocycles. The van der Waals surface area contributed by atoms with Crippen LogP contribution in [0.2, 0.25) is 0 Å². The second-order valence-corrected chi connectivity index (χ2v) is 15.7. The molecule has 244 valence electrons. The van der Waals surface area contributed by atoms with E-state index in [2.05, 4.69) is 185 Å². The highest BCUT2D eigenvalue weighted by Gasteiger charge is 2.26. The van der Waals surface area contributed by atoms with Gasteiger partial charge in [-0.05, 0) is 43.6 Å². The summed E-state index contributed by atoms with van der Waals surface area (Å²) in [6.45, 7) is 0. The van der Waals surface area contributed by atoms with Crippen molar-refractivity contribution in [1.29, 1.82) is 0 Å². The molecule has 0 saturated heterocycles. The number of aliphatic imine (C=N–C) groups is 2. The Hall–Kier alpha value is -6.18. The minimum Gasteiger partial charge on any atom is -0.307 e. The zero-order chi connectivity index (χ0) is 34.2. The molecule has 0 fully saturated rings. The Morgan fingerprint density at radius 1 is 0.346 bits per heavy atom. The standard InChI is InChI=1S/C47H29IN4/c1-4-16-32(17-5-1)45-48-46(33-18-6-2-7-19-33)50-47(49-45)52-42-36-23-13-11-15-31(36)25-27-38(42)40-29-28-39-37-26-24-30-14-10-12-22-35(30)41(37)51(43(39)44(40)52)34-20-8-3-9-21-34/h1-29H. The van der Waals surface area contributed by atoms with Crippen LogP contribution in [-0.2, 0) is 0 Å². The second kappa shape index (κ2) is 11.7. The molecule has 8 aromatic carbocycles. The third-order valence-electron chi connectivity index (χ3n) is 10.2. The molecule has 1 aliphatic rings. The van der Waals surface area contributed by atoms with Gasteiger partial charge in [-0.3, -0.25) is 4.57 Å². The Kier molecular flexibility index (Phi) is 6.64. The molecule has 0 N–H and O–H groups in total. The molecule has 10 aromatic rings. The fraction of sp³-hybridized carbons (Fsp3) is 0. The van der Waals surface area contributed by atoms with Gasteiger partial charge in [0.15, 0.2) is 0 Å². The topological polar surface area (TPSA) is 34.6 Å². The number of aromatic nitrogens is 2. The molecule has 0 saturated carbocycles. The van der Waals surface area contributed by atoms with E-state index in [1.165, 1.54) is 48.6 Å². The van der Waals surface area contributed by atoms with Gasteiger partial charge in [0.25, 0.3) is 0 Å². The lowest BCUT2D eigenvalue weighted by atomic mass is 10.0. The van der Waals surface area contributed by atoms with E-state index in [0.717, 1.165) is 40.7 Å². The van der Waals surface area contributed by atoms with Crippen LogP contribution in [0.15, 0.2) is 186 Å². The molecule has 52 heavy (non-hydrogen) atoms. The van der Waals surface area contributed by atoms with E-state index >= 15 is 0 Å². The van der Waals surface area contributed by atoms with Crippen molar-refractivity contribution < 1.29 is 0 Å². The summed E-state index contributed by atoms with van der Waals surface area (Å²) in [5.41, 5.74) is 8.00. The van der Waals surface area contributed by atoms with E-state index in [1.807, 2.05) is 0 Å². The molecule has 5 heteroatoms. The monoisotopic (exact) mass is 776 g/mol. The van der Waals surface area contributed by atoms with E-state index in [9.17, 15) is 0 Å². The second-order valence-electron chi connectivity index (χ2n) is 13.2. The number of para-hydroxylation sites is 1. The van der Waals surface area contributed by atoms with Gasteiger partial charge in [-0.2, -0.15) is 0 Å². The molecule has 0 aliphatic carbocycles. The summed E-state index contributed by atoms with van der Waals surface area (Å²) in [5.74, 6) is 0.697. The van der Waals surface area contributed by atoms with E-state index in [0.29, 0.717) is 5.96 Å². The first kappa shape index (κ1) is 29.5. The van der Waals surface area contributed by atoms with Gasteiger partial charge in [-0.1, -0.05) is 164 Å². The molecule has 0 radical (unpaired) electrons. The summed E-state index contributed by atoms with van der Waals surface area (Å²) in [7, 11) is 0. The Morgan fingerprint density at radius 3 is 1.42 bits per heavy atom. The van der Waals surface area contributed by atoms with E-state index < -0.39 is 20.7 Å². The van der Waals surface area contributed by atoms with Crippen LogP contribution in [0.25, 0.3) is 70.8 Å². The highest BCUT2D eigenvalue weighted by molar-refractivity contribution is 14.2. The predicted molar refractivity (Wildman–Crippen MR) is 229 cm³/mol. The average molecular weight is 777 g/mol. The van der Waals surface area contributed by atoms with Crippen molar-refractivity contribution >= 4 is 99.2 Å². The minimum absolute atomic E-state index is 0.657. The number of benzene rings is 8. The van der Waals surface area contributed by atoms with Gasteiger partial charge in [-0.15, -0.1) is 0 Å². The maximum absolute atomic E-state index is 5.54. The van der Waals surface area contributed by atoms with Crippen molar-refractivity contribution in [2.45, 2.75) is 0 Å². The Bertz CT molecular complexity index is 3110. The Balaban J connectivity index is 1.38. The number of hydrogen-bond acceptors (Lipinski definition) is 2. The summed E-state index contributed by atoms with van der Waals surface area (Å²) < 4.78 is 7.08. The van der Waals surface area contributed by atoms with Gasteiger partial charge in [-0.25, -0.2) is 9.98 Å². The van der Waals surface area contributed by atoms with Crippen LogP contribution in [0.5, 0.6) is 0 Å². The molecule has 0 bridgehead atoms. The molecule has 11 rings (SSSR count). The Labute approximate surface area is 309 Å². The zero-order valence-corrected chi connectivity index (χ0v) is 30.1. The molecule has 0 spiro atoms. The highest BCUT2D eigenvalue weighted by Crippen LogP contribution is 2.44. The van der Waals surface area contributed by atoms with E-state index in [1.54, 1.807) is 0 Å². The molecule has 0 unspecified atom stereocenters. The van der Waals surface area contributed by atoms with Gasteiger partial charge in [0.1, 0.15) is 7.35 Å². The first-order valence-corrected chi connectivity index (χ1v) is 19.6. The fourth-order valence-corrected chi connectivity index (χ4v) is 10.5. The third-order valence-corrected chi connectivity index (χ3v) is 13.0. The fourth-order valence-electron chi connectivity index (χ4n) is 7.97. The number of nitrogens with zero attached hydrogens (tertiary/aromatic N) is 4. The van der Waals surface area contributed by atoms with Crippen LogP contribution in [-0.4, -0.2) is 22.4 Å². The zero-order valence-electron chi connectivity index (χ0n) is 27.9. The van der Waals surface area contributed by atoms with E-state index in [-0.39, 0.29) is 0 Å². The van der Waals surface area contributed by atoms with Crippen LogP contribution in [0.4, 0.5) is 0 Å². The van der Waals surface area contributed by atoms with E-state index in [4.69, 9.17) is 9.98 Å². The first-order valence-electron chi connectivity index (χ1n) is 17.5. The molecule has 2 aromatic heterocycles. The van der Waals surface area contributed by atoms with Crippen LogP contribution >= 0.6 is 20.7 Å². The quantitative estimate of drug-likeness (QED) is 0.160. The molecule has 3 heterocycles. The summed E-state index contributed by atoms with van der Waals surface area (Å²) in [6, 6.07) is 63.3. The molecular formula is C47H29IN4. The summed E-state index contributed by atoms with van der Waals surface area (Å²) in [6.07, 6.45) is 0. The van der Waals surface area contributed by atoms with Gasteiger partial charge < -0.3 is 4.57 Å². The van der Waals surface area contributed by atoms with Crippen molar-refractivity contribution in [3.05, 3.63) is 187 Å².